The number of aryl methyl sites for hydroxylation is 1. The van der Waals surface area contributed by atoms with Crippen LogP contribution >= 0.6 is 58.1 Å². The topological polar surface area (TPSA) is 27.4 Å². The number of hydrogen-bond donors (Lipinski definition) is 0. The monoisotopic (exact) mass is 592 g/mol. The van der Waals surface area contributed by atoms with Crippen LogP contribution in [0.1, 0.15) is 36.9 Å². The predicted octanol–water partition coefficient (Wildman–Crippen LogP) is 8.32. The zero-order valence-electron chi connectivity index (χ0n) is 21.9. The van der Waals surface area contributed by atoms with Crippen LogP contribution in [0.15, 0.2) is 67.8 Å². The number of halogens is 2. The van der Waals surface area contributed by atoms with E-state index in [1.54, 1.807) is 23.1 Å². The summed E-state index contributed by atoms with van der Waals surface area (Å²) >= 11 is 17.6. The quantitative estimate of drug-likeness (QED) is 0.149. The highest BCUT2D eigenvalue weighted by atomic mass is 35.5. The summed E-state index contributed by atoms with van der Waals surface area (Å²) in [5.74, 6) is 0. The number of thioether (sulfide) groups is 2. The third-order valence-corrected chi connectivity index (χ3v) is 9.81. The number of carbonyl (C=O) groups excluding carboxylic acids is 1. The van der Waals surface area contributed by atoms with Crippen LogP contribution in [0.25, 0.3) is 6.08 Å². The molecular formula is C28H32Cl2N3OS3+. The molecule has 3 aromatic rings. The molecule has 0 N–H and O–H groups in total. The zero-order chi connectivity index (χ0) is 27.1. The van der Waals surface area contributed by atoms with Crippen molar-refractivity contribution in [3.05, 3.63) is 89.1 Å². The van der Waals surface area contributed by atoms with Gasteiger partial charge in [-0.3, -0.25) is 4.79 Å². The van der Waals surface area contributed by atoms with Gasteiger partial charge in [-0.15, -0.1) is 0 Å². The van der Waals surface area contributed by atoms with Crippen molar-refractivity contribution in [2.24, 2.45) is 0 Å². The Morgan fingerprint density at radius 3 is 2.54 bits per heavy atom. The van der Waals surface area contributed by atoms with Gasteiger partial charge in [-0.1, -0.05) is 84.0 Å². The van der Waals surface area contributed by atoms with Gasteiger partial charge >= 0.3 is 0 Å². The fraction of sp³-hybridized carbons (Fsp3) is 0.286. The van der Waals surface area contributed by atoms with E-state index >= 15 is 0 Å². The molecule has 0 fully saturated rings. The first-order valence-electron chi connectivity index (χ1n) is 12.0. The van der Waals surface area contributed by atoms with Gasteiger partial charge in [0.25, 0.3) is 5.01 Å². The fourth-order valence-electron chi connectivity index (χ4n) is 3.60. The van der Waals surface area contributed by atoms with Crippen LogP contribution < -0.4 is 9.47 Å². The zero-order valence-corrected chi connectivity index (χ0v) is 25.9. The number of hydrogen-bond acceptors (Lipinski definition) is 6. The van der Waals surface area contributed by atoms with Crippen LogP contribution in [0.3, 0.4) is 0 Å². The first-order chi connectivity index (χ1) is 17.8. The largest absolute Gasteiger partial charge is 0.369 e. The highest BCUT2D eigenvalue weighted by Crippen LogP contribution is 2.48. The Hall–Kier alpha value is -1.90. The Morgan fingerprint density at radius 2 is 1.89 bits per heavy atom. The van der Waals surface area contributed by atoms with E-state index in [4.69, 9.17) is 23.2 Å². The molecule has 0 saturated carbocycles. The Kier molecular flexibility index (Phi) is 11.0. The minimum atomic E-state index is 0.566. The third kappa shape index (κ3) is 6.95. The van der Waals surface area contributed by atoms with Crippen LogP contribution in [0, 0.1) is 6.92 Å². The molecule has 2 heterocycles. The number of aldehydes is 1. The van der Waals surface area contributed by atoms with E-state index < -0.39 is 0 Å². The Balaban J connectivity index is 0.00000186. The highest BCUT2D eigenvalue weighted by molar-refractivity contribution is 8.09. The predicted molar refractivity (Wildman–Crippen MR) is 164 cm³/mol. The molecule has 4 rings (SSSR count). The molecule has 1 aromatic heterocycles. The number of carbonyl (C=O) groups is 1. The second-order valence-corrected chi connectivity index (χ2v) is 11.9. The summed E-state index contributed by atoms with van der Waals surface area (Å²) in [6.45, 7) is 9.56. The van der Waals surface area contributed by atoms with Crippen molar-refractivity contribution >= 4 is 76.1 Å². The number of fused-ring (bicyclic) bond motifs is 1. The van der Waals surface area contributed by atoms with Crippen LogP contribution in [0.4, 0.5) is 5.69 Å². The van der Waals surface area contributed by atoms with E-state index in [1.807, 2.05) is 57.7 Å². The third-order valence-electron chi connectivity index (χ3n) is 5.72. The molecule has 4 nitrogen and oxygen atoms in total. The van der Waals surface area contributed by atoms with Gasteiger partial charge in [0.15, 0.2) is 19.0 Å². The fourth-order valence-corrected chi connectivity index (χ4v) is 7.21. The Bertz CT molecular complexity index is 1300. The highest BCUT2D eigenvalue weighted by Gasteiger charge is 2.27. The van der Waals surface area contributed by atoms with E-state index in [0.717, 1.165) is 44.0 Å². The summed E-state index contributed by atoms with van der Waals surface area (Å²) in [6, 6.07) is 11.9. The lowest BCUT2D eigenvalue weighted by Gasteiger charge is -2.21. The van der Waals surface area contributed by atoms with Gasteiger partial charge in [0.05, 0.1) is 47.7 Å². The second kappa shape index (κ2) is 13.8. The lowest BCUT2D eigenvalue weighted by atomic mass is 10.2. The Labute approximate surface area is 243 Å². The van der Waals surface area contributed by atoms with E-state index in [1.165, 1.54) is 17.3 Å². The van der Waals surface area contributed by atoms with Crippen LogP contribution in [0.5, 0.6) is 0 Å². The summed E-state index contributed by atoms with van der Waals surface area (Å²) in [5, 5.41) is 6.33. The molecule has 1 aliphatic heterocycles. The number of anilines is 1. The van der Waals surface area contributed by atoms with Gasteiger partial charge in [-0.2, -0.15) is 4.57 Å². The maximum Gasteiger partial charge on any atom is 0.264 e. The summed E-state index contributed by atoms with van der Waals surface area (Å²) in [5.41, 5.74) is 3.22. The molecule has 2 aromatic carbocycles. The van der Waals surface area contributed by atoms with Gasteiger partial charge in [0.1, 0.15) is 0 Å². The summed E-state index contributed by atoms with van der Waals surface area (Å²) in [7, 11) is 4.06. The van der Waals surface area contributed by atoms with Crippen molar-refractivity contribution in [3.63, 3.8) is 0 Å². The van der Waals surface area contributed by atoms with Crippen molar-refractivity contribution in [1.29, 1.82) is 0 Å². The SMILES string of the molecule is CC.CCN(C)/C(=C/c1scc[n+]1Cc1c(Cl)cccc1Cl)S/C(C=O)=C1/Sc2ccc(C)cc2N1C. The maximum absolute atomic E-state index is 12.3. The van der Waals surface area contributed by atoms with Crippen LogP contribution in [-0.4, -0.2) is 31.8 Å². The molecule has 0 spiro atoms. The average molecular weight is 594 g/mol. The van der Waals surface area contributed by atoms with Crippen molar-refractivity contribution in [2.75, 3.05) is 25.5 Å². The average Bonchev–Trinajstić information content (AvgIpc) is 3.48. The number of rotatable bonds is 8. The van der Waals surface area contributed by atoms with E-state index in [-0.39, 0.29) is 0 Å². The number of benzene rings is 2. The van der Waals surface area contributed by atoms with Gasteiger partial charge in [0, 0.05) is 25.5 Å². The summed E-state index contributed by atoms with van der Waals surface area (Å²) in [6.07, 6.45) is 5.12. The Morgan fingerprint density at radius 1 is 1.19 bits per heavy atom. The number of aromatic nitrogens is 1. The molecule has 0 aliphatic carbocycles. The van der Waals surface area contributed by atoms with E-state index in [2.05, 4.69) is 52.5 Å². The first kappa shape index (κ1) is 29.7. The molecular weight excluding hydrogens is 561 g/mol. The molecule has 0 amide bonds. The number of thiazole rings is 1. The second-order valence-electron chi connectivity index (χ2n) is 8.09. The van der Waals surface area contributed by atoms with Crippen molar-refractivity contribution in [3.8, 4) is 0 Å². The van der Waals surface area contributed by atoms with Gasteiger partial charge in [0.2, 0.25) is 0 Å². The van der Waals surface area contributed by atoms with E-state index in [9.17, 15) is 4.79 Å². The smallest absolute Gasteiger partial charge is 0.264 e. The van der Waals surface area contributed by atoms with Gasteiger partial charge in [-0.25, -0.2) is 0 Å². The molecule has 196 valence electrons. The van der Waals surface area contributed by atoms with Crippen LogP contribution in [-0.2, 0) is 11.3 Å². The normalized spacial score (nSPS) is 14.2. The number of nitrogens with zero attached hydrogens (tertiary/aromatic N) is 3. The molecule has 0 saturated heterocycles. The minimum Gasteiger partial charge on any atom is -0.369 e. The first-order valence-corrected chi connectivity index (χ1v) is 15.3. The lowest BCUT2D eigenvalue weighted by Crippen LogP contribution is -2.35. The molecule has 0 radical (unpaired) electrons. The molecule has 0 bridgehead atoms. The van der Waals surface area contributed by atoms with Crippen molar-refractivity contribution < 1.29 is 9.36 Å². The van der Waals surface area contributed by atoms with Gasteiger partial charge < -0.3 is 9.80 Å². The molecule has 0 atom stereocenters. The van der Waals surface area contributed by atoms with E-state index in [0.29, 0.717) is 21.5 Å². The molecule has 1 aliphatic rings. The molecule has 9 heteroatoms. The summed E-state index contributed by atoms with van der Waals surface area (Å²) in [4.78, 5) is 18.4. The maximum atomic E-state index is 12.3. The van der Waals surface area contributed by atoms with Crippen LogP contribution in [0.2, 0.25) is 10.0 Å². The lowest BCUT2D eigenvalue weighted by molar-refractivity contribution is -0.685. The standard InChI is InChI=1S/C26H26Cl2N3OS3.C2H6/c1-5-29(3)24(14-25-31(11-12-33-25)15-18-19(27)7-6-8-20(18)28)34-23(16-32)26-30(4)21-13-17(2)9-10-22(21)35-26;1-2/h6-14,16H,5,15H2,1-4H3;1-2H3/q+1;/b26-23+;. The van der Waals surface area contributed by atoms with Gasteiger partial charge in [-0.05, 0) is 43.7 Å². The number of allylic oxidation sites excluding steroid dienone is 1. The minimum absolute atomic E-state index is 0.566. The summed E-state index contributed by atoms with van der Waals surface area (Å²) < 4.78 is 2.13. The molecule has 37 heavy (non-hydrogen) atoms. The van der Waals surface area contributed by atoms with Crippen molar-refractivity contribution in [2.45, 2.75) is 39.1 Å². The van der Waals surface area contributed by atoms with Crippen molar-refractivity contribution in [1.82, 2.24) is 4.90 Å². The molecule has 0 unspecified atom stereocenters.